The van der Waals surface area contributed by atoms with Crippen molar-refractivity contribution >= 4 is 38.9 Å². The van der Waals surface area contributed by atoms with Gasteiger partial charge in [0.2, 0.25) is 0 Å². The third-order valence-corrected chi connectivity index (χ3v) is 13.1. The smallest absolute Gasteiger partial charge is 0.0714 e. The second-order valence-corrected chi connectivity index (χ2v) is 16.5. The summed E-state index contributed by atoms with van der Waals surface area (Å²) in [7, 11) is 0. The number of anilines is 3. The average Bonchev–Trinajstić information content (AvgIpc) is 3.85. The van der Waals surface area contributed by atoms with Crippen molar-refractivity contribution in [1.29, 1.82) is 0 Å². The van der Waals surface area contributed by atoms with E-state index in [9.17, 15) is 0 Å². The van der Waals surface area contributed by atoms with E-state index in [1.807, 2.05) is 0 Å². The number of hydrogen-bond donors (Lipinski definition) is 0. The molecule has 12 rings (SSSR count). The molecular weight excluding hydrogens is 761 g/mol. The van der Waals surface area contributed by atoms with E-state index in [0.717, 1.165) is 22.7 Å². The fourth-order valence-electron chi connectivity index (χ4n) is 10.3. The van der Waals surface area contributed by atoms with Crippen molar-refractivity contribution in [2.75, 3.05) is 4.90 Å². The maximum absolute atomic E-state index is 2.46. The molecule has 1 aliphatic rings. The summed E-state index contributed by atoms with van der Waals surface area (Å²) >= 11 is 0. The molecule has 0 radical (unpaired) electrons. The van der Waals surface area contributed by atoms with Crippen molar-refractivity contribution < 1.29 is 0 Å². The van der Waals surface area contributed by atoms with Crippen molar-refractivity contribution in [2.24, 2.45) is 0 Å². The SMILES string of the molecule is c1ccc(N(c2ccccc2)c2ccc(-c3cccc(-c4ccc5c(c4)c4ccccc4n5-c4ccc5c(c4)C(c4ccccc4)(c4ccccc4)c4ccccc4-5)c3)cc2)cc1. The van der Waals surface area contributed by atoms with E-state index >= 15 is 0 Å². The second-order valence-electron chi connectivity index (χ2n) is 16.5. The molecule has 2 nitrogen and oxygen atoms in total. The molecule has 0 fully saturated rings. The van der Waals surface area contributed by atoms with Gasteiger partial charge in [0.05, 0.1) is 16.4 Å². The van der Waals surface area contributed by atoms with Crippen LogP contribution in [0.5, 0.6) is 0 Å². The first-order valence-corrected chi connectivity index (χ1v) is 21.8. The monoisotopic (exact) mass is 802 g/mol. The second kappa shape index (κ2) is 15.1. The maximum atomic E-state index is 2.46. The van der Waals surface area contributed by atoms with E-state index in [4.69, 9.17) is 0 Å². The number of para-hydroxylation sites is 3. The molecule has 0 N–H and O–H groups in total. The molecule has 296 valence electrons. The number of rotatable bonds is 8. The van der Waals surface area contributed by atoms with Crippen LogP contribution in [0.15, 0.2) is 255 Å². The van der Waals surface area contributed by atoms with E-state index in [1.54, 1.807) is 0 Å². The molecule has 0 atom stereocenters. The van der Waals surface area contributed by atoms with Crippen molar-refractivity contribution in [3.05, 3.63) is 277 Å². The highest BCUT2D eigenvalue weighted by atomic mass is 15.1. The molecule has 0 saturated heterocycles. The maximum Gasteiger partial charge on any atom is 0.0714 e. The Labute approximate surface area is 368 Å². The van der Waals surface area contributed by atoms with Crippen molar-refractivity contribution in [2.45, 2.75) is 5.41 Å². The number of aromatic nitrogens is 1. The zero-order chi connectivity index (χ0) is 41.7. The topological polar surface area (TPSA) is 8.17 Å². The standard InChI is InChI=1S/C61H42N2/c1-5-20-47(21-6-1)61(48-22-7-2-8-23-48)57-30-15-13-28-53(57)54-38-37-52(42-58(54)61)63-59-31-16-14-29-55(59)56-41-46(34-39-60(56)63)45-19-17-18-44(40-45)43-32-35-51(36-33-43)62(49-24-9-3-10-25-49)50-26-11-4-12-27-50/h1-42H. The molecular formula is C61H42N2. The van der Waals surface area contributed by atoms with Crippen LogP contribution < -0.4 is 4.90 Å². The van der Waals surface area contributed by atoms with Crippen LogP contribution in [-0.4, -0.2) is 4.57 Å². The lowest BCUT2D eigenvalue weighted by molar-refractivity contribution is 0.767. The van der Waals surface area contributed by atoms with E-state index in [1.165, 1.54) is 77.4 Å². The zero-order valence-corrected chi connectivity index (χ0v) is 34.6. The molecule has 1 aliphatic carbocycles. The van der Waals surface area contributed by atoms with Gasteiger partial charge in [0, 0.05) is 33.5 Å². The Balaban J connectivity index is 0.955. The first kappa shape index (κ1) is 36.6. The molecule has 0 saturated carbocycles. The first-order chi connectivity index (χ1) is 31.3. The minimum atomic E-state index is -0.467. The first-order valence-electron chi connectivity index (χ1n) is 21.8. The molecule has 10 aromatic carbocycles. The average molecular weight is 803 g/mol. The van der Waals surface area contributed by atoms with Crippen molar-refractivity contribution in [3.8, 4) is 39.1 Å². The summed E-state index contributed by atoms with van der Waals surface area (Å²) < 4.78 is 2.46. The lowest BCUT2D eigenvalue weighted by Gasteiger charge is -2.34. The van der Waals surface area contributed by atoms with Gasteiger partial charge in [-0.3, -0.25) is 0 Å². The van der Waals surface area contributed by atoms with Crippen LogP contribution in [-0.2, 0) is 5.41 Å². The van der Waals surface area contributed by atoms with Gasteiger partial charge >= 0.3 is 0 Å². The van der Waals surface area contributed by atoms with Gasteiger partial charge in [0.25, 0.3) is 0 Å². The number of hydrogen-bond acceptors (Lipinski definition) is 1. The third kappa shape index (κ3) is 5.95. The van der Waals surface area contributed by atoms with Crippen molar-refractivity contribution in [1.82, 2.24) is 4.57 Å². The van der Waals surface area contributed by atoms with E-state index in [-0.39, 0.29) is 0 Å². The van der Waals surface area contributed by atoms with Crippen LogP contribution in [0.4, 0.5) is 17.1 Å². The summed E-state index contributed by atoms with van der Waals surface area (Å²) in [6, 6.07) is 93.1. The molecule has 0 spiro atoms. The predicted molar refractivity (Wildman–Crippen MR) is 264 cm³/mol. The van der Waals surface area contributed by atoms with E-state index < -0.39 is 5.41 Å². The molecule has 1 heterocycles. The summed E-state index contributed by atoms with van der Waals surface area (Å²) in [5, 5.41) is 2.48. The summed E-state index contributed by atoms with van der Waals surface area (Å²) in [6.07, 6.45) is 0. The number of fused-ring (bicyclic) bond motifs is 6. The van der Waals surface area contributed by atoms with Gasteiger partial charge in [-0.05, 0) is 128 Å². The molecule has 0 bridgehead atoms. The van der Waals surface area contributed by atoms with Gasteiger partial charge in [-0.15, -0.1) is 0 Å². The summed E-state index contributed by atoms with van der Waals surface area (Å²) in [5.41, 5.74) is 18.9. The Morgan fingerprint density at radius 1 is 0.302 bits per heavy atom. The zero-order valence-electron chi connectivity index (χ0n) is 34.6. The predicted octanol–water partition coefficient (Wildman–Crippen LogP) is 16.0. The van der Waals surface area contributed by atoms with Gasteiger partial charge in [0.15, 0.2) is 0 Å². The van der Waals surface area contributed by atoms with Gasteiger partial charge in [-0.2, -0.15) is 0 Å². The Hall–Kier alpha value is -8.20. The Morgan fingerprint density at radius 3 is 1.49 bits per heavy atom. The normalized spacial score (nSPS) is 12.6. The molecule has 1 aromatic heterocycles. The Kier molecular flexibility index (Phi) is 8.76. The highest BCUT2D eigenvalue weighted by Gasteiger charge is 2.46. The van der Waals surface area contributed by atoms with E-state index in [0.29, 0.717) is 0 Å². The van der Waals surface area contributed by atoms with Gasteiger partial charge in [-0.1, -0.05) is 182 Å². The van der Waals surface area contributed by atoms with Crippen LogP contribution >= 0.6 is 0 Å². The quantitative estimate of drug-likeness (QED) is 0.149. The summed E-state index contributed by atoms with van der Waals surface area (Å²) in [5.74, 6) is 0. The molecule has 2 heteroatoms. The van der Waals surface area contributed by atoms with Gasteiger partial charge in [0.1, 0.15) is 0 Å². The number of nitrogens with zero attached hydrogens (tertiary/aromatic N) is 2. The largest absolute Gasteiger partial charge is 0.311 e. The van der Waals surface area contributed by atoms with Crippen LogP contribution in [0.1, 0.15) is 22.3 Å². The third-order valence-electron chi connectivity index (χ3n) is 13.1. The molecule has 0 amide bonds. The lowest BCUT2D eigenvalue weighted by Crippen LogP contribution is -2.28. The van der Waals surface area contributed by atoms with Gasteiger partial charge < -0.3 is 9.47 Å². The summed E-state index contributed by atoms with van der Waals surface area (Å²) in [4.78, 5) is 2.30. The lowest BCUT2D eigenvalue weighted by atomic mass is 9.67. The van der Waals surface area contributed by atoms with Crippen LogP contribution in [0, 0.1) is 0 Å². The highest BCUT2D eigenvalue weighted by molar-refractivity contribution is 6.10. The highest BCUT2D eigenvalue weighted by Crippen LogP contribution is 2.56. The molecule has 63 heavy (non-hydrogen) atoms. The molecule has 11 aromatic rings. The summed E-state index contributed by atoms with van der Waals surface area (Å²) in [6.45, 7) is 0. The number of benzene rings is 10. The van der Waals surface area contributed by atoms with Crippen molar-refractivity contribution in [3.63, 3.8) is 0 Å². The minimum Gasteiger partial charge on any atom is -0.311 e. The fourth-order valence-corrected chi connectivity index (χ4v) is 10.3. The van der Waals surface area contributed by atoms with E-state index in [2.05, 4.69) is 264 Å². The molecule has 0 unspecified atom stereocenters. The minimum absolute atomic E-state index is 0.467. The Bertz CT molecular complexity index is 3350. The van der Waals surface area contributed by atoms with Crippen LogP contribution in [0.3, 0.4) is 0 Å². The van der Waals surface area contributed by atoms with Crippen LogP contribution in [0.25, 0.3) is 60.9 Å². The fraction of sp³-hybridized carbons (Fsp3) is 0.0164. The van der Waals surface area contributed by atoms with Crippen LogP contribution in [0.2, 0.25) is 0 Å². The molecule has 0 aliphatic heterocycles. The Morgan fingerprint density at radius 2 is 0.810 bits per heavy atom. The van der Waals surface area contributed by atoms with Gasteiger partial charge in [-0.25, -0.2) is 0 Å².